The third kappa shape index (κ3) is 2.80. The van der Waals surface area contributed by atoms with Gasteiger partial charge >= 0.3 is 0 Å². The summed E-state index contributed by atoms with van der Waals surface area (Å²) in [5.74, 6) is 0. The minimum atomic E-state index is 0.468. The molecule has 0 saturated carbocycles. The van der Waals surface area contributed by atoms with Gasteiger partial charge in [0.05, 0.1) is 17.5 Å². The zero-order valence-electron chi connectivity index (χ0n) is 11.4. The van der Waals surface area contributed by atoms with Crippen LogP contribution in [-0.4, -0.2) is 28.6 Å². The van der Waals surface area contributed by atoms with Crippen molar-refractivity contribution in [3.05, 3.63) is 35.8 Å². The highest BCUT2D eigenvalue weighted by Gasteiger charge is 2.14. The molecular formula is C15H21N3O. The molecule has 2 aromatic heterocycles. The number of rotatable bonds is 5. The lowest BCUT2D eigenvalue weighted by atomic mass is 10.2. The van der Waals surface area contributed by atoms with Crippen molar-refractivity contribution < 1.29 is 4.74 Å². The molecule has 0 bridgehead atoms. The quantitative estimate of drug-likeness (QED) is 0.837. The Balaban J connectivity index is 1.57. The van der Waals surface area contributed by atoms with Crippen molar-refractivity contribution in [2.45, 2.75) is 38.8 Å². The summed E-state index contributed by atoms with van der Waals surface area (Å²) >= 11 is 0. The fourth-order valence-corrected chi connectivity index (χ4v) is 2.72. The fourth-order valence-electron chi connectivity index (χ4n) is 2.72. The minimum Gasteiger partial charge on any atom is -0.378 e. The number of ether oxygens (including phenoxy) is 1. The standard InChI is InChI=1S/C15H21N3O/c1-12-14(18-9-3-2-6-15(18)17-12)11-16-8-7-13-5-4-10-19-13/h2-3,6,9,13,16H,4-5,7-8,10-11H2,1H3. The molecular weight excluding hydrogens is 238 g/mol. The number of hydrogen-bond donors (Lipinski definition) is 1. The van der Waals surface area contributed by atoms with Crippen molar-refractivity contribution in [3.63, 3.8) is 0 Å². The summed E-state index contributed by atoms with van der Waals surface area (Å²) in [4.78, 5) is 4.57. The number of fused-ring (bicyclic) bond motifs is 1. The van der Waals surface area contributed by atoms with Crippen LogP contribution in [0.1, 0.15) is 30.7 Å². The Labute approximate surface area is 113 Å². The molecule has 3 heterocycles. The van der Waals surface area contributed by atoms with Gasteiger partial charge in [-0.15, -0.1) is 0 Å². The molecule has 1 unspecified atom stereocenters. The van der Waals surface area contributed by atoms with Crippen LogP contribution in [0.4, 0.5) is 0 Å². The predicted molar refractivity (Wildman–Crippen MR) is 75.2 cm³/mol. The molecule has 1 aliphatic heterocycles. The smallest absolute Gasteiger partial charge is 0.137 e. The van der Waals surface area contributed by atoms with E-state index in [4.69, 9.17) is 4.74 Å². The summed E-state index contributed by atoms with van der Waals surface area (Å²) in [7, 11) is 0. The number of nitrogens with zero attached hydrogens (tertiary/aromatic N) is 2. The topological polar surface area (TPSA) is 38.6 Å². The highest BCUT2D eigenvalue weighted by molar-refractivity contribution is 5.42. The van der Waals surface area contributed by atoms with Crippen molar-refractivity contribution in [1.82, 2.24) is 14.7 Å². The Kier molecular flexibility index (Phi) is 3.80. The molecule has 1 N–H and O–H groups in total. The van der Waals surface area contributed by atoms with E-state index in [2.05, 4.69) is 27.8 Å². The molecule has 0 spiro atoms. The molecule has 102 valence electrons. The zero-order valence-corrected chi connectivity index (χ0v) is 11.4. The lowest BCUT2D eigenvalue weighted by Gasteiger charge is -2.10. The number of aryl methyl sites for hydroxylation is 1. The van der Waals surface area contributed by atoms with Gasteiger partial charge in [0.2, 0.25) is 0 Å². The van der Waals surface area contributed by atoms with Crippen LogP contribution in [0.2, 0.25) is 0 Å². The Morgan fingerprint density at radius 3 is 3.26 bits per heavy atom. The molecule has 1 atom stereocenters. The second-order valence-corrected chi connectivity index (χ2v) is 5.17. The van der Waals surface area contributed by atoms with E-state index in [9.17, 15) is 0 Å². The molecule has 1 saturated heterocycles. The molecule has 4 nitrogen and oxygen atoms in total. The van der Waals surface area contributed by atoms with Crippen LogP contribution >= 0.6 is 0 Å². The highest BCUT2D eigenvalue weighted by Crippen LogP contribution is 2.15. The normalized spacial score (nSPS) is 19.3. The van der Waals surface area contributed by atoms with Crippen LogP contribution in [0.15, 0.2) is 24.4 Å². The van der Waals surface area contributed by atoms with Gasteiger partial charge in [-0.3, -0.25) is 0 Å². The maximum absolute atomic E-state index is 5.63. The third-order valence-corrected chi connectivity index (χ3v) is 3.79. The molecule has 0 aromatic carbocycles. The molecule has 4 heteroatoms. The first-order valence-electron chi connectivity index (χ1n) is 7.09. The fraction of sp³-hybridized carbons (Fsp3) is 0.533. The van der Waals surface area contributed by atoms with Crippen LogP contribution in [0.25, 0.3) is 5.65 Å². The molecule has 3 rings (SSSR count). The van der Waals surface area contributed by atoms with E-state index in [1.165, 1.54) is 18.5 Å². The Morgan fingerprint density at radius 2 is 2.42 bits per heavy atom. The first kappa shape index (κ1) is 12.6. The summed E-state index contributed by atoms with van der Waals surface area (Å²) in [6.07, 6.45) is 6.09. The minimum absolute atomic E-state index is 0.468. The summed E-state index contributed by atoms with van der Waals surface area (Å²) in [5.41, 5.74) is 3.38. The monoisotopic (exact) mass is 259 g/mol. The van der Waals surface area contributed by atoms with E-state index in [0.29, 0.717) is 6.10 Å². The van der Waals surface area contributed by atoms with Gasteiger partial charge in [-0.05, 0) is 44.9 Å². The first-order chi connectivity index (χ1) is 9.34. The van der Waals surface area contributed by atoms with E-state index in [1.54, 1.807) is 0 Å². The van der Waals surface area contributed by atoms with E-state index < -0.39 is 0 Å². The van der Waals surface area contributed by atoms with Crippen molar-refractivity contribution >= 4 is 5.65 Å². The zero-order chi connectivity index (χ0) is 13.1. The molecule has 19 heavy (non-hydrogen) atoms. The third-order valence-electron chi connectivity index (χ3n) is 3.79. The van der Waals surface area contributed by atoms with E-state index >= 15 is 0 Å². The van der Waals surface area contributed by atoms with Crippen LogP contribution in [-0.2, 0) is 11.3 Å². The number of nitrogens with one attached hydrogen (secondary N) is 1. The molecule has 1 fully saturated rings. The van der Waals surface area contributed by atoms with Gasteiger partial charge < -0.3 is 14.5 Å². The van der Waals surface area contributed by atoms with Crippen LogP contribution in [0, 0.1) is 6.92 Å². The maximum atomic E-state index is 5.63. The highest BCUT2D eigenvalue weighted by atomic mass is 16.5. The lowest BCUT2D eigenvalue weighted by Crippen LogP contribution is -2.21. The van der Waals surface area contributed by atoms with Gasteiger partial charge in [0.15, 0.2) is 0 Å². The van der Waals surface area contributed by atoms with Gasteiger partial charge in [0, 0.05) is 19.3 Å². The SMILES string of the molecule is Cc1nc2ccccn2c1CNCCC1CCCO1. The molecule has 2 aromatic rings. The largest absolute Gasteiger partial charge is 0.378 e. The van der Waals surface area contributed by atoms with Gasteiger partial charge in [-0.1, -0.05) is 6.07 Å². The molecule has 1 aliphatic rings. The van der Waals surface area contributed by atoms with Crippen LogP contribution < -0.4 is 5.32 Å². The van der Waals surface area contributed by atoms with E-state index in [-0.39, 0.29) is 0 Å². The van der Waals surface area contributed by atoms with Gasteiger partial charge in [0.1, 0.15) is 5.65 Å². The number of hydrogen-bond acceptors (Lipinski definition) is 3. The second-order valence-electron chi connectivity index (χ2n) is 5.17. The molecule has 0 aliphatic carbocycles. The van der Waals surface area contributed by atoms with Crippen molar-refractivity contribution in [2.24, 2.45) is 0 Å². The number of imidazole rings is 1. The van der Waals surface area contributed by atoms with Crippen molar-refractivity contribution in [1.29, 1.82) is 0 Å². The number of aromatic nitrogens is 2. The van der Waals surface area contributed by atoms with Gasteiger partial charge in [-0.25, -0.2) is 4.98 Å². The van der Waals surface area contributed by atoms with Crippen LogP contribution in [0.5, 0.6) is 0 Å². The Hall–Kier alpha value is -1.39. The Morgan fingerprint density at radius 1 is 1.47 bits per heavy atom. The van der Waals surface area contributed by atoms with Crippen LogP contribution in [0.3, 0.4) is 0 Å². The average molecular weight is 259 g/mol. The second kappa shape index (κ2) is 5.72. The van der Waals surface area contributed by atoms with Crippen molar-refractivity contribution in [3.8, 4) is 0 Å². The molecule has 0 radical (unpaired) electrons. The first-order valence-corrected chi connectivity index (χ1v) is 7.09. The molecule has 0 amide bonds. The predicted octanol–water partition coefficient (Wildman–Crippen LogP) is 2.30. The van der Waals surface area contributed by atoms with Crippen molar-refractivity contribution in [2.75, 3.05) is 13.2 Å². The van der Waals surface area contributed by atoms with Gasteiger partial charge in [0.25, 0.3) is 0 Å². The summed E-state index contributed by atoms with van der Waals surface area (Å²) < 4.78 is 7.79. The summed E-state index contributed by atoms with van der Waals surface area (Å²) in [5, 5.41) is 3.51. The summed E-state index contributed by atoms with van der Waals surface area (Å²) in [6, 6.07) is 6.11. The lowest BCUT2D eigenvalue weighted by molar-refractivity contribution is 0.104. The van der Waals surface area contributed by atoms with E-state index in [1.807, 2.05) is 18.2 Å². The van der Waals surface area contributed by atoms with E-state index in [0.717, 1.165) is 37.5 Å². The van der Waals surface area contributed by atoms with Gasteiger partial charge in [-0.2, -0.15) is 0 Å². The maximum Gasteiger partial charge on any atom is 0.137 e. The number of pyridine rings is 1. The average Bonchev–Trinajstić information content (AvgIpc) is 3.02. The summed E-state index contributed by atoms with van der Waals surface area (Å²) in [6.45, 7) is 4.88. The Bertz CT molecular complexity index is 543.